The highest BCUT2D eigenvalue weighted by Gasteiger charge is 2.20. The minimum Gasteiger partial charge on any atom is -0.494 e. The molecule has 2 N–H and O–H groups in total. The van der Waals surface area contributed by atoms with Gasteiger partial charge in [0.05, 0.1) is 13.3 Å². The lowest BCUT2D eigenvalue weighted by molar-refractivity contribution is 0.0689. The number of hydrogen-bond acceptors (Lipinski definition) is 6. The molecule has 0 saturated carbocycles. The summed E-state index contributed by atoms with van der Waals surface area (Å²) in [7, 11) is 1.47. The number of aromatic carboxylic acids is 1. The highest BCUT2D eigenvalue weighted by Crippen LogP contribution is 2.29. The number of tetrazole rings is 1. The summed E-state index contributed by atoms with van der Waals surface area (Å²) in [5.41, 5.74) is 0.829. The zero-order valence-electron chi connectivity index (χ0n) is 9.73. The number of H-pyrrole nitrogens is 1. The van der Waals surface area contributed by atoms with Gasteiger partial charge in [0, 0.05) is 0 Å². The number of nitrogens with one attached hydrogen (secondary N) is 1. The number of nitrogens with zero attached hydrogens (tertiary/aromatic N) is 5. The van der Waals surface area contributed by atoms with Crippen LogP contribution in [0.15, 0.2) is 18.3 Å². The molecular weight excluding hydrogens is 252 g/mol. The van der Waals surface area contributed by atoms with Gasteiger partial charge in [-0.1, -0.05) is 0 Å². The van der Waals surface area contributed by atoms with Crippen LogP contribution in [0.2, 0.25) is 0 Å². The zero-order chi connectivity index (χ0) is 13.4. The molecule has 3 heterocycles. The third kappa shape index (κ3) is 1.59. The van der Waals surface area contributed by atoms with E-state index in [9.17, 15) is 9.90 Å². The number of imidazole rings is 1. The lowest BCUT2D eigenvalue weighted by Gasteiger charge is -2.08. The van der Waals surface area contributed by atoms with Crippen molar-refractivity contribution < 1.29 is 14.6 Å². The number of ether oxygens (including phenoxy) is 1. The fraction of sp³-hybridized carbons (Fsp3) is 0.100. The average molecular weight is 260 g/mol. The maximum atomic E-state index is 11.2. The Morgan fingerprint density at radius 2 is 2.32 bits per heavy atom. The molecule has 3 aromatic rings. The molecule has 96 valence electrons. The molecule has 0 aliphatic carbocycles. The van der Waals surface area contributed by atoms with Crippen LogP contribution in [-0.4, -0.2) is 48.2 Å². The standard InChI is InChI=1S/C10H8N6O3/c1-19-6-2-3-7-11-4-5(10(17)18)16(7)8(6)9-12-14-15-13-9/h2-4H,1H3,(H,17,18)(H,12,13,14,15). The maximum absolute atomic E-state index is 11.2. The quantitative estimate of drug-likeness (QED) is 0.691. The summed E-state index contributed by atoms with van der Waals surface area (Å²) in [6.07, 6.45) is 1.26. The molecule has 0 aliphatic rings. The second kappa shape index (κ2) is 4.05. The number of pyridine rings is 1. The van der Waals surface area contributed by atoms with Gasteiger partial charge < -0.3 is 9.84 Å². The number of rotatable bonds is 3. The summed E-state index contributed by atoms with van der Waals surface area (Å²) in [6.45, 7) is 0. The van der Waals surface area contributed by atoms with E-state index >= 15 is 0 Å². The third-order valence-corrected chi connectivity index (χ3v) is 2.63. The molecule has 0 radical (unpaired) electrons. The SMILES string of the molecule is COc1ccc2ncc(C(=O)O)n2c1-c1nn[nH]n1. The summed E-state index contributed by atoms with van der Waals surface area (Å²) in [4.78, 5) is 15.3. The van der Waals surface area contributed by atoms with Crippen LogP contribution in [0.25, 0.3) is 17.2 Å². The fourth-order valence-corrected chi connectivity index (χ4v) is 1.85. The van der Waals surface area contributed by atoms with Gasteiger partial charge in [-0.15, -0.1) is 10.2 Å². The van der Waals surface area contributed by atoms with Gasteiger partial charge >= 0.3 is 5.97 Å². The second-order valence-corrected chi connectivity index (χ2v) is 3.63. The number of carboxylic acids is 1. The van der Waals surface area contributed by atoms with Crippen LogP contribution < -0.4 is 4.74 Å². The Morgan fingerprint density at radius 3 is 2.95 bits per heavy atom. The van der Waals surface area contributed by atoms with Crippen molar-refractivity contribution in [1.29, 1.82) is 0 Å². The van der Waals surface area contributed by atoms with Gasteiger partial charge in [0.15, 0.2) is 5.69 Å². The molecule has 3 rings (SSSR count). The third-order valence-electron chi connectivity index (χ3n) is 2.63. The highest BCUT2D eigenvalue weighted by molar-refractivity contribution is 5.88. The summed E-state index contributed by atoms with van der Waals surface area (Å²) in [5, 5.41) is 22.7. The molecule has 0 unspecified atom stereocenters. The maximum Gasteiger partial charge on any atom is 0.354 e. The number of aromatic amines is 1. The Morgan fingerprint density at radius 1 is 1.47 bits per heavy atom. The number of hydrogen-bond donors (Lipinski definition) is 2. The van der Waals surface area contributed by atoms with Crippen LogP contribution in [0.5, 0.6) is 5.75 Å². The normalized spacial score (nSPS) is 10.8. The van der Waals surface area contributed by atoms with Crippen LogP contribution >= 0.6 is 0 Å². The number of methoxy groups -OCH3 is 1. The van der Waals surface area contributed by atoms with Crippen molar-refractivity contribution in [2.24, 2.45) is 0 Å². The van der Waals surface area contributed by atoms with E-state index in [-0.39, 0.29) is 11.5 Å². The lowest BCUT2D eigenvalue weighted by atomic mass is 10.3. The van der Waals surface area contributed by atoms with Crippen LogP contribution in [0.4, 0.5) is 0 Å². The summed E-state index contributed by atoms with van der Waals surface area (Å²) >= 11 is 0. The minimum absolute atomic E-state index is 0.00583. The van der Waals surface area contributed by atoms with Crippen molar-refractivity contribution >= 4 is 11.6 Å². The summed E-state index contributed by atoms with van der Waals surface area (Å²) in [5.74, 6) is -0.456. The summed E-state index contributed by atoms with van der Waals surface area (Å²) in [6, 6.07) is 3.31. The largest absolute Gasteiger partial charge is 0.494 e. The van der Waals surface area contributed by atoms with Crippen LogP contribution in [0.1, 0.15) is 10.5 Å². The first-order chi connectivity index (χ1) is 9.22. The summed E-state index contributed by atoms with van der Waals surface area (Å²) < 4.78 is 6.63. The van der Waals surface area contributed by atoms with E-state index in [0.717, 1.165) is 0 Å². The molecule has 0 saturated heterocycles. The predicted octanol–water partition coefficient (Wildman–Crippen LogP) is 0.221. The van der Waals surface area contributed by atoms with Crippen molar-refractivity contribution in [1.82, 2.24) is 30.0 Å². The number of fused-ring (bicyclic) bond motifs is 1. The Hall–Kier alpha value is -2.97. The van der Waals surface area contributed by atoms with Crippen molar-refractivity contribution in [2.75, 3.05) is 7.11 Å². The monoisotopic (exact) mass is 260 g/mol. The van der Waals surface area contributed by atoms with Gasteiger partial charge in [0.1, 0.15) is 17.1 Å². The fourth-order valence-electron chi connectivity index (χ4n) is 1.85. The van der Waals surface area contributed by atoms with E-state index < -0.39 is 5.97 Å². The van der Waals surface area contributed by atoms with Gasteiger partial charge in [-0.2, -0.15) is 5.21 Å². The van der Waals surface area contributed by atoms with Gasteiger partial charge in [-0.25, -0.2) is 9.78 Å². The predicted molar refractivity (Wildman–Crippen MR) is 61.9 cm³/mol. The molecule has 0 bridgehead atoms. The molecule has 0 spiro atoms. The molecular formula is C10H8N6O3. The molecule has 0 aromatic carbocycles. The smallest absolute Gasteiger partial charge is 0.354 e. The topological polar surface area (TPSA) is 118 Å². The van der Waals surface area contributed by atoms with Gasteiger partial charge in [-0.05, 0) is 17.3 Å². The molecule has 0 aliphatic heterocycles. The molecule has 19 heavy (non-hydrogen) atoms. The van der Waals surface area contributed by atoms with Gasteiger partial charge in [0.2, 0.25) is 5.82 Å². The van der Waals surface area contributed by atoms with Gasteiger partial charge in [-0.3, -0.25) is 4.40 Å². The van der Waals surface area contributed by atoms with Crippen molar-refractivity contribution in [2.45, 2.75) is 0 Å². The van der Waals surface area contributed by atoms with E-state index in [1.54, 1.807) is 12.1 Å². The van der Waals surface area contributed by atoms with Crippen LogP contribution in [0.3, 0.4) is 0 Å². The van der Waals surface area contributed by atoms with E-state index in [4.69, 9.17) is 4.74 Å². The Bertz CT molecular complexity index is 748. The molecule has 9 heteroatoms. The average Bonchev–Trinajstić information content (AvgIpc) is 3.06. The Balaban J connectivity index is 2.43. The molecule has 0 atom stereocenters. The second-order valence-electron chi connectivity index (χ2n) is 3.63. The van der Waals surface area contributed by atoms with E-state index in [2.05, 4.69) is 25.6 Å². The Labute approximate surface area is 105 Å². The minimum atomic E-state index is -1.11. The number of carboxylic acid groups (broad SMARTS) is 1. The van der Waals surface area contributed by atoms with Crippen molar-refractivity contribution in [3.05, 3.63) is 24.0 Å². The zero-order valence-corrected chi connectivity index (χ0v) is 9.73. The van der Waals surface area contributed by atoms with Crippen LogP contribution in [-0.2, 0) is 0 Å². The van der Waals surface area contributed by atoms with Crippen LogP contribution in [0, 0.1) is 0 Å². The first kappa shape index (κ1) is 11.1. The van der Waals surface area contributed by atoms with E-state index in [1.807, 2.05) is 0 Å². The van der Waals surface area contributed by atoms with Crippen molar-refractivity contribution in [3.63, 3.8) is 0 Å². The highest BCUT2D eigenvalue weighted by atomic mass is 16.5. The first-order valence-corrected chi connectivity index (χ1v) is 5.24. The Kier molecular flexibility index (Phi) is 2.37. The first-order valence-electron chi connectivity index (χ1n) is 5.24. The molecule has 0 fully saturated rings. The van der Waals surface area contributed by atoms with E-state index in [0.29, 0.717) is 17.1 Å². The van der Waals surface area contributed by atoms with E-state index in [1.165, 1.54) is 17.7 Å². The number of carbonyl (C=O) groups is 1. The lowest BCUT2D eigenvalue weighted by Crippen LogP contribution is -2.06. The molecule has 9 nitrogen and oxygen atoms in total. The molecule has 0 amide bonds. The number of aromatic nitrogens is 6. The van der Waals surface area contributed by atoms with Gasteiger partial charge in [0.25, 0.3) is 0 Å². The molecule has 3 aromatic heterocycles. The van der Waals surface area contributed by atoms with Crippen molar-refractivity contribution in [3.8, 4) is 17.3 Å².